The number of hydrogen-bond donors (Lipinski definition) is 1. The van der Waals surface area contributed by atoms with E-state index < -0.39 is 0 Å². The lowest BCUT2D eigenvalue weighted by Gasteiger charge is -2.21. The van der Waals surface area contributed by atoms with E-state index in [9.17, 15) is 4.79 Å². The SMILES string of the molecule is CCCN(Cc1ccccc1)Cc1nc2ccsc2c(=O)[nH]1. The third-order valence-electron chi connectivity index (χ3n) is 3.53. The molecular weight excluding hydrogens is 294 g/mol. The Hall–Kier alpha value is -1.98. The van der Waals surface area contributed by atoms with Crippen molar-refractivity contribution in [1.29, 1.82) is 0 Å². The number of nitrogens with zero attached hydrogens (tertiary/aromatic N) is 2. The van der Waals surface area contributed by atoms with Crippen LogP contribution >= 0.6 is 11.3 Å². The van der Waals surface area contributed by atoms with E-state index in [4.69, 9.17) is 0 Å². The normalized spacial score (nSPS) is 11.4. The molecule has 0 radical (unpaired) electrons. The second kappa shape index (κ2) is 6.85. The molecule has 0 fully saturated rings. The molecule has 22 heavy (non-hydrogen) atoms. The van der Waals surface area contributed by atoms with Gasteiger partial charge in [-0.2, -0.15) is 0 Å². The Bertz CT molecular complexity index is 794. The first-order valence-electron chi connectivity index (χ1n) is 7.49. The molecule has 2 aromatic heterocycles. The van der Waals surface area contributed by atoms with Crippen LogP contribution in [-0.4, -0.2) is 21.4 Å². The van der Waals surface area contributed by atoms with Crippen LogP contribution in [0.25, 0.3) is 10.2 Å². The van der Waals surface area contributed by atoms with Crippen molar-refractivity contribution < 1.29 is 0 Å². The van der Waals surface area contributed by atoms with Crippen LogP contribution in [0.2, 0.25) is 0 Å². The Balaban J connectivity index is 1.81. The molecular formula is C17H19N3OS. The molecule has 1 N–H and O–H groups in total. The highest BCUT2D eigenvalue weighted by atomic mass is 32.1. The lowest BCUT2D eigenvalue weighted by molar-refractivity contribution is 0.251. The maximum absolute atomic E-state index is 12.1. The third-order valence-corrected chi connectivity index (χ3v) is 4.43. The van der Waals surface area contributed by atoms with Crippen LogP contribution in [0.5, 0.6) is 0 Å². The summed E-state index contributed by atoms with van der Waals surface area (Å²) in [5, 5.41) is 1.91. The van der Waals surface area contributed by atoms with E-state index in [2.05, 4.69) is 46.1 Å². The van der Waals surface area contributed by atoms with Crippen LogP contribution in [-0.2, 0) is 13.1 Å². The average molecular weight is 313 g/mol. The van der Waals surface area contributed by atoms with Crippen LogP contribution < -0.4 is 5.56 Å². The Morgan fingerprint density at radius 3 is 2.77 bits per heavy atom. The van der Waals surface area contributed by atoms with Gasteiger partial charge >= 0.3 is 0 Å². The van der Waals surface area contributed by atoms with Gasteiger partial charge in [-0.3, -0.25) is 9.69 Å². The largest absolute Gasteiger partial charge is 0.308 e. The van der Waals surface area contributed by atoms with Crippen LogP contribution in [0.3, 0.4) is 0 Å². The second-order valence-electron chi connectivity index (χ2n) is 5.34. The monoisotopic (exact) mass is 313 g/mol. The molecule has 4 nitrogen and oxygen atoms in total. The van der Waals surface area contributed by atoms with Gasteiger partial charge in [0.15, 0.2) is 0 Å². The topological polar surface area (TPSA) is 49.0 Å². The standard InChI is InChI=1S/C17H19N3OS/c1-2-9-20(11-13-6-4-3-5-7-13)12-15-18-14-8-10-22-16(14)17(21)19-15/h3-8,10H,2,9,11-12H2,1H3,(H,18,19,21). The van der Waals surface area contributed by atoms with E-state index >= 15 is 0 Å². The summed E-state index contributed by atoms with van der Waals surface area (Å²) in [6.07, 6.45) is 1.07. The molecule has 3 aromatic rings. The lowest BCUT2D eigenvalue weighted by atomic mass is 10.2. The summed E-state index contributed by atoms with van der Waals surface area (Å²) in [6, 6.07) is 12.3. The molecule has 0 unspecified atom stereocenters. The molecule has 114 valence electrons. The van der Waals surface area contributed by atoms with Crippen molar-refractivity contribution in [2.45, 2.75) is 26.4 Å². The van der Waals surface area contributed by atoms with Crippen molar-refractivity contribution >= 4 is 21.6 Å². The fourth-order valence-electron chi connectivity index (χ4n) is 2.58. The number of benzene rings is 1. The van der Waals surface area contributed by atoms with Crippen molar-refractivity contribution in [1.82, 2.24) is 14.9 Å². The summed E-state index contributed by atoms with van der Waals surface area (Å²) in [7, 11) is 0. The summed E-state index contributed by atoms with van der Waals surface area (Å²) in [4.78, 5) is 21.9. The zero-order valence-corrected chi connectivity index (χ0v) is 13.4. The molecule has 0 bridgehead atoms. The summed E-state index contributed by atoms with van der Waals surface area (Å²) < 4.78 is 0.703. The number of aromatic nitrogens is 2. The Kier molecular flexibility index (Phi) is 4.65. The van der Waals surface area contributed by atoms with Gasteiger partial charge in [-0.15, -0.1) is 11.3 Å². The predicted octanol–water partition coefficient (Wildman–Crippen LogP) is 3.40. The number of rotatable bonds is 6. The Labute approximate surface area is 133 Å². The highest BCUT2D eigenvalue weighted by Gasteiger charge is 2.10. The predicted molar refractivity (Wildman–Crippen MR) is 91.1 cm³/mol. The molecule has 2 heterocycles. The quantitative estimate of drug-likeness (QED) is 0.759. The zero-order chi connectivity index (χ0) is 15.4. The molecule has 5 heteroatoms. The van der Waals surface area contributed by atoms with Gasteiger partial charge in [-0.25, -0.2) is 4.98 Å². The zero-order valence-electron chi connectivity index (χ0n) is 12.6. The van der Waals surface area contributed by atoms with Gasteiger partial charge in [0.2, 0.25) is 0 Å². The summed E-state index contributed by atoms with van der Waals surface area (Å²) in [6.45, 7) is 4.65. The number of H-pyrrole nitrogens is 1. The highest BCUT2D eigenvalue weighted by molar-refractivity contribution is 7.17. The minimum Gasteiger partial charge on any atom is -0.308 e. The molecule has 0 amide bonds. The third kappa shape index (κ3) is 3.43. The van der Waals surface area contributed by atoms with E-state index in [1.54, 1.807) is 0 Å². The number of thiophene rings is 1. The molecule has 0 atom stereocenters. The average Bonchev–Trinajstić information content (AvgIpc) is 2.97. The van der Waals surface area contributed by atoms with E-state index in [0.29, 0.717) is 11.2 Å². The van der Waals surface area contributed by atoms with Gasteiger partial charge < -0.3 is 4.98 Å². The Morgan fingerprint density at radius 2 is 2.00 bits per heavy atom. The van der Waals surface area contributed by atoms with E-state index in [1.165, 1.54) is 16.9 Å². The van der Waals surface area contributed by atoms with Gasteiger partial charge in [0.25, 0.3) is 5.56 Å². The van der Waals surface area contributed by atoms with E-state index in [1.807, 2.05) is 17.5 Å². The molecule has 1 aromatic carbocycles. The molecule has 0 aliphatic carbocycles. The van der Waals surface area contributed by atoms with Crippen LogP contribution in [0, 0.1) is 0 Å². The lowest BCUT2D eigenvalue weighted by Crippen LogP contribution is -2.26. The second-order valence-corrected chi connectivity index (χ2v) is 6.26. The van der Waals surface area contributed by atoms with E-state index in [0.717, 1.165) is 30.9 Å². The van der Waals surface area contributed by atoms with E-state index in [-0.39, 0.29) is 5.56 Å². The fourth-order valence-corrected chi connectivity index (χ4v) is 3.31. The first-order valence-corrected chi connectivity index (χ1v) is 8.37. The van der Waals surface area contributed by atoms with Gasteiger partial charge in [-0.05, 0) is 30.0 Å². The van der Waals surface area contributed by atoms with Crippen LogP contribution in [0.15, 0.2) is 46.6 Å². The number of fused-ring (bicyclic) bond motifs is 1. The summed E-state index contributed by atoms with van der Waals surface area (Å²) >= 11 is 1.43. The van der Waals surface area contributed by atoms with Crippen molar-refractivity contribution in [2.24, 2.45) is 0 Å². The smallest absolute Gasteiger partial charge is 0.268 e. The van der Waals surface area contributed by atoms with Gasteiger partial charge in [0.1, 0.15) is 10.5 Å². The molecule has 3 rings (SSSR count). The molecule has 0 saturated heterocycles. The maximum Gasteiger partial charge on any atom is 0.268 e. The van der Waals surface area contributed by atoms with Gasteiger partial charge in [0, 0.05) is 6.54 Å². The highest BCUT2D eigenvalue weighted by Crippen LogP contribution is 2.15. The maximum atomic E-state index is 12.1. The minimum absolute atomic E-state index is 0.0360. The number of hydrogen-bond acceptors (Lipinski definition) is 4. The first kappa shape index (κ1) is 14.9. The summed E-state index contributed by atoms with van der Waals surface area (Å²) in [5.41, 5.74) is 2.03. The minimum atomic E-state index is -0.0360. The van der Waals surface area contributed by atoms with Crippen LogP contribution in [0.4, 0.5) is 0 Å². The fraction of sp³-hybridized carbons (Fsp3) is 0.294. The Morgan fingerprint density at radius 1 is 1.18 bits per heavy atom. The molecule has 0 spiro atoms. The molecule has 0 saturated carbocycles. The van der Waals surface area contributed by atoms with Crippen molar-refractivity contribution in [3.8, 4) is 0 Å². The van der Waals surface area contributed by atoms with Crippen molar-refractivity contribution in [3.63, 3.8) is 0 Å². The van der Waals surface area contributed by atoms with Gasteiger partial charge in [0.05, 0.1) is 12.1 Å². The molecule has 0 aliphatic heterocycles. The summed E-state index contributed by atoms with van der Waals surface area (Å²) in [5.74, 6) is 0.736. The number of aromatic amines is 1. The first-order chi connectivity index (χ1) is 10.8. The van der Waals surface area contributed by atoms with Crippen molar-refractivity contribution in [3.05, 3.63) is 63.5 Å². The molecule has 0 aliphatic rings. The van der Waals surface area contributed by atoms with Crippen molar-refractivity contribution in [2.75, 3.05) is 6.54 Å². The van der Waals surface area contributed by atoms with Gasteiger partial charge in [-0.1, -0.05) is 37.3 Å². The van der Waals surface area contributed by atoms with Crippen LogP contribution in [0.1, 0.15) is 24.7 Å². The number of nitrogens with one attached hydrogen (secondary N) is 1.